The van der Waals surface area contributed by atoms with Crippen LogP contribution >= 0.6 is 0 Å². The quantitative estimate of drug-likeness (QED) is 0.535. The molecule has 1 N–H and O–H groups in total. The molecule has 124 valence electrons. The highest BCUT2D eigenvalue weighted by atomic mass is 16.5. The van der Waals surface area contributed by atoms with Gasteiger partial charge in [0.05, 0.1) is 14.2 Å². The summed E-state index contributed by atoms with van der Waals surface area (Å²) in [6.07, 6.45) is 0. The molecule has 0 amide bonds. The fourth-order valence-corrected chi connectivity index (χ4v) is 3.10. The van der Waals surface area contributed by atoms with Crippen molar-refractivity contribution in [3.8, 4) is 33.9 Å². The molecule has 3 nitrogen and oxygen atoms in total. The van der Waals surface area contributed by atoms with E-state index in [2.05, 4.69) is 53.5 Å². The van der Waals surface area contributed by atoms with Crippen LogP contribution in [0.4, 0.5) is 0 Å². The van der Waals surface area contributed by atoms with Gasteiger partial charge in [0, 0.05) is 22.2 Å². The van der Waals surface area contributed by atoms with Crippen LogP contribution in [0.5, 0.6) is 11.5 Å². The van der Waals surface area contributed by atoms with Crippen LogP contribution in [0, 0.1) is 0 Å². The Bertz CT molecular complexity index is 1020. The molecule has 1 heterocycles. The van der Waals surface area contributed by atoms with Gasteiger partial charge in [0.2, 0.25) is 0 Å². The Kier molecular flexibility index (Phi) is 3.90. The lowest BCUT2D eigenvalue weighted by Gasteiger charge is -2.08. The van der Waals surface area contributed by atoms with Crippen molar-refractivity contribution >= 4 is 10.9 Å². The number of hydrogen-bond acceptors (Lipinski definition) is 2. The highest BCUT2D eigenvalue weighted by Gasteiger charge is 2.09. The third-order valence-electron chi connectivity index (χ3n) is 4.42. The fraction of sp³-hybridized carbons (Fsp3) is 0.0909. The third kappa shape index (κ3) is 2.85. The first-order valence-corrected chi connectivity index (χ1v) is 8.19. The van der Waals surface area contributed by atoms with Gasteiger partial charge in [0.1, 0.15) is 0 Å². The summed E-state index contributed by atoms with van der Waals surface area (Å²) in [5.41, 5.74) is 5.67. The van der Waals surface area contributed by atoms with Gasteiger partial charge in [-0.3, -0.25) is 0 Å². The SMILES string of the molecule is COc1ccc(-c2cc3cc(-c4ccccc4)ccc3[nH]2)cc1OC. The van der Waals surface area contributed by atoms with Crippen LogP contribution in [0.2, 0.25) is 0 Å². The van der Waals surface area contributed by atoms with Crippen LogP contribution in [-0.2, 0) is 0 Å². The molecule has 0 fully saturated rings. The zero-order chi connectivity index (χ0) is 17.2. The first-order valence-electron chi connectivity index (χ1n) is 8.19. The zero-order valence-corrected chi connectivity index (χ0v) is 14.2. The van der Waals surface area contributed by atoms with E-state index in [0.717, 1.165) is 28.3 Å². The molecular formula is C22H19NO2. The summed E-state index contributed by atoms with van der Waals surface area (Å²) in [5, 5.41) is 1.19. The van der Waals surface area contributed by atoms with E-state index in [1.54, 1.807) is 14.2 Å². The summed E-state index contributed by atoms with van der Waals surface area (Å²) >= 11 is 0. The van der Waals surface area contributed by atoms with Gasteiger partial charge in [-0.15, -0.1) is 0 Å². The summed E-state index contributed by atoms with van der Waals surface area (Å²) in [4.78, 5) is 3.48. The molecule has 0 aliphatic carbocycles. The Balaban J connectivity index is 1.77. The van der Waals surface area contributed by atoms with E-state index in [4.69, 9.17) is 9.47 Å². The second-order valence-electron chi connectivity index (χ2n) is 5.92. The minimum Gasteiger partial charge on any atom is -0.493 e. The number of rotatable bonds is 4. The molecule has 4 rings (SSSR count). The molecular weight excluding hydrogens is 310 g/mol. The maximum atomic E-state index is 5.41. The Morgan fingerprint density at radius 2 is 1.40 bits per heavy atom. The Morgan fingerprint density at radius 1 is 0.640 bits per heavy atom. The average molecular weight is 329 g/mol. The van der Waals surface area contributed by atoms with E-state index in [1.807, 2.05) is 24.3 Å². The van der Waals surface area contributed by atoms with E-state index in [1.165, 1.54) is 16.5 Å². The smallest absolute Gasteiger partial charge is 0.161 e. The third-order valence-corrected chi connectivity index (χ3v) is 4.42. The number of ether oxygens (including phenoxy) is 2. The second kappa shape index (κ2) is 6.36. The van der Waals surface area contributed by atoms with Crippen LogP contribution < -0.4 is 9.47 Å². The molecule has 0 saturated carbocycles. The normalized spacial score (nSPS) is 10.8. The molecule has 0 aliphatic rings. The van der Waals surface area contributed by atoms with Gasteiger partial charge in [-0.25, -0.2) is 0 Å². The maximum Gasteiger partial charge on any atom is 0.161 e. The Hall–Kier alpha value is -3.20. The first-order chi connectivity index (χ1) is 12.3. The van der Waals surface area contributed by atoms with Crippen LogP contribution in [0.1, 0.15) is 0 Å². The number of H-pyrrole nitrogens is 1. The second-order valence-corrected chi connectivity index (χ2v) is 5.92. The van der Waals surface area contributed by atoms with Crippen LogP contribution in [0.25, 0.3) is 33.3 Å². The van der Waals surface area contributed by atoms with Crippen molar-refractivity contribution < 1.29 is 9.47 Å². The van der Waals surface area contributed by atoms with Crippen molar-refractivity contribution in [3.05, 3.63) is 72.8 Å². The number of hydrogen-bond donors (Lipinski definition) is 1. The maximum absolute atomic E-state index is 5.41. The standard InChI is InChI=1S/C22H19NO2/c1-24-21-11-9-17(14-22(21)25-2)20-13-18-12-16(8-10-19(18)23-20)15-6-4-3-5-7-15/h3-14,23H,1-2H3. The van der Waals surface area contributed by atoms with Crippen LogP contribution in [0.3, 0.4) is 0 Å². The highest BCUT2D eigenvalue weighted by molar-refractivity contribution is 5.89. The van der Waals surface area contributed by atoms with E-state index < -0.39 is 0 Å². The highest BCUT2D eigenvalue weighted by Crippen LogP contribution is 2.34. The molecule has 0 atom stereocenters. The number of aromatic amines is 1. The van der Waals surface area contributed by atoms with Crippen molar-refractivity contribution in [2.75, 3.05) is 14.2 Å². The van der Waals surface area contributed by atoms with Gasteiger partial charge in [-0.2, -0.15) is 0 Å². The van der Waals surface area contributed by atoms with Crippen molar-refractivity contribution in [2.45, 2.75) is 0 Å². The summed E-state index contributed by atoms with van der Waals surface area (Å²) in [5.74, 6) is 1.46. The monoisotopic (exact) mass is 329 g/mol. The molecule has 0 radical (unpaired) electrons. The lowest BCUT2D eigenvalue weighted by atomic mass is 10.0. The predicted molar refractivity (Wildman–Crippen MR) is 102 cm³/mol. The number of methoxy groups -OCH3 is 2. The number of nitrogens with one attached hydrogen (secondary N) is 1. The van der Waals surface area contributed by atoms with Gasteiger partial charge in [0.15, 0.2) is 11.5 Å². The summed E-state index contributed by atoms with van der Waals surface area (Å²) in [7, 11) is 3.30. The molecule has 1 aromatic heterocycles. The minimum atomic E-state index is 0.726. The largest absolute Gasteiger partial charge is 0.493 e. The molecule has 3 aromatic carbocycles. The molecule has 0 bridgehead atoms. The molecule has 25 heavy (non-hydrogen) atoms. The van der Waals surface area contributed by atoms with E-state index in [0.29, 0.717) is 0 Å². The van der Waals surface area contributed by atoms with E-state index in [-0.39, 0.29) is 0 Å². The fourth-order valence-electron chi connectivity index (χ4n) is 3.10. The molecule has 0 spiro atoms. The van der Waals surface area contributed by atoms with Crippen molar-refractivity contribution in [3.63, 3.8) is 0 Å². The van der Waals surface area contributed by atoms with Crippen molar-refractivity contribution in [1.82, 2.24) is 4.98 Å². The molecule has 0 saturated heterocycles. The van der Waals surface area contributed by atoms with E-state index >= 15 is 0 Å². The van der Waals surface area contributed by atoms with Crippen molar-refractivity contribution in [2.24, 2.45) is 0 Å². The summed E-state index contributed by atoms with van der Waals surface area (Å²) in [6.45, 7) is 0. The number of benzene rings is 3. The van der Waals surface area contributed by atoms with Gasteiger partial charge < -0.3 is 14.5 Å². The zero-order valence-electron chi connectivity index (χ0n) is 14.2. The minimum absolute atomic E-state index is 0.726. The lowest BCUT2D eigenvalue weighted by molar-refractivity contribution is 0.355. The topological polar surface area (TPSA) is 34.2 Å². The number of fused-ring (bicyclic) bond motifs is 1. The van der Waals surface area contributed by atoms with Crippen molar-refractivity contribution in [1.29, 1.82) is 0 Å². The predicted octanol–water partition coefficient (Wildman–Crippen LogP) is 5.52. The molecule has 0 unspecified atom stereocenters. The summed E-state index contributed by atoms with van der Waals surface area (Å²) in [6, 6.07) is 25.0. The van der Waals surface area contributed by atoms with Gasteiger partial charge >= 0.3 is 0 Å². The van der Waals surface area contributed by atoms with Gasteiger partial charge in [-0.1, -0.05) is 36.4 Å². The lowest BCUT2D eigenvalue weighted by Crippen LogP contribution is -1.90. The Labute approximate surface area is 146 Å². The summed E-state index contributed by atoms with van der Waals surface area (Å²) < 4.78 is 10.7. The van der Waals surface area contributed by atoms with Gasteiger partial charge in [-0.05, 0) is 47.5 Å². The van der Waals surface area contributed by atoms with E-state index in [9.17, 15) is 0 Å². The molecule has 3 heteroatoms. The number of aromatic nitrogens is 1. The molecule has 4 aromatic rings. The Morgan fingerprint density at radius 3 is 2.16 bits per heavy atom. The van der Waals surface area contributed by atoms with Gasteiger partial charge in [0.25, 0.3) is 0 Å². The molecule has 0 aliphatic heterocycles. The van der Waals surface area contributed by atoms with Crippen LogP contribution in [-0.4, -0.2) is 19.2 Å². The first kappa shape index (κ1) is 15.3. The average Bonchev–Trinajstić information content (AvgIpc) is 3.11. The van der Waals surface area contributed by atoms with Crippen LogP contribution in [0.15, 0.2) is 72.8 Å².